The van der Waals surface area contributed by atoms with Crippen LogP contribution in [0.5, 0.6) is 23.1 Å². The minimum Gasteiger partial charge on any atom is -0.431 e. The summed E-state index contributed by atoms with van der Waals surface area (Å²) < 4.78 is 67.3. The van der Waals surface area contributed by atoms with E-state index in [9.17, 15) is 16.8 Å². The summed E-state index contributed by atoms with van der Waals surface area (Å²) in [4.78, 5) is -0.151. The van der Waals surface area contributed by atoms with Gasteiger partial charge in [-0.3, -0.25) is 0 Å². The van der Waals surface area contributed by atoms with E-state index in [1.54, 1.807) is 36.4 Å². The third-order valence-corrected chi connectivity index (χ3v) is 7.45. The Labute approximate surface area is 213 Å². The minimum atomic E-state index is -4.27. The van der Waals surface area contributed by atoms with Crippen LogP contribution in [0.15, 0.2) is 88.7 Å². The fourth-order valence-electron chi connectivity index (χ4n) is 2.92. The fraction of sp³-hybridized carbons (Fsp3) is 0.0833. The number of aromatic nitrogens is 2. The normalized spacial score (nSPS) is 11.6. The summed E-state index contributed by atoms with van der Waals surface area (Å²) in [5.74, 6) is -0.977. The van der Waals surface area contributed by atoms with Crippen LogP contribution >= 0.6 is 11.6 Å². The Bertz CT molecular complexity index is 1610. The van der Waals surface area contributed by atoms with Gasteiger partial charge in [-0.15, -0.1) is 10.2 Å². The van der Waals surface area contributed by atoms with E-state index in [4.69, 9.17) is 24.7 Å². The lowest BCUT2D eigenvalue weighted by Gasteiger charge is -2.14. The first-order chi connectivity index (χ1) is 17.0. The van der Waals surface area contributed by atoms with E-state index in [0.29, 0.717) is 0 Å². The van der Waals surface area contributed by atoms with Crippen LogP contribution in [0.25, 0.3) is 0 Å². The molecule has 0 saturated heterocycles. The second-order valence-corrected chi connectivity index (χ2v) is 11.1. The molecule has 0 spiro atoms. The number of para-hydroxylation sites is 2. The number of benzene rings is 3. The highest BCUT2D eigenvalue weighted by Crippen LogP contribution is 2.37. The quantitative estimate of drug-likeness (QED) is 0.278. The summed E-state index contributed by atoms with van der Waals surface area (Å²) in [5.41, 5.74) is 1.75. The third-order valence-electron chi connectivity index (χ3n) is 4.77. The molecule has 4 rings (SSSR count). The van der Waals surface area contributed by atoms with Crippen molar-refractivity contribution in [2.75, 3.05) is 0 Å². The minimum absolute atomic E-state index is 0.0533. The Morgan fingerprint density at radius 2 is 1.11 bits per heavy atom. The zero-order valence-corrected chi connectivity index (χ0v) is 21.3. The zero-order chi connectivity index (χ0) is 25.9. The summed E-state index contributed by atoms with van der Waals surface area (Å²) in [6.07, 6.45) is 0. The second-order valence-electron chi connectivity index (χ2n) is 7.59. The van der Waals surface area contributed by atoms with Gasteiger partial charge in [-0.25, -0.2) is 0 Å². The van der Waals surface area contributed by atoms with Crippen molar-refractivity contribution in [3.8, 4) is 23.1 Å². The van der Waals surface area contributed by atoms with E-state index in [0.717, 1.165) is 17.2 Å². The maximum atomic E-state index is 12.8. The van der Waals surface area contributed by atoms with Gasteiger partial charge in [-0.2, -0.15) is 16.8 Å². The molecule has 1 heterocycles. The van der Waals surface area contributed by atoms with Crippen molar-refractivity contribution in [3.63, 3.8) is 0 Å². The van der Waals surface area contributed by atoms with E-state index in [2.05, 4.69) is 10.2 Å². The first-order valence-corrected chi connectivity index (χ1v) is 13.6. The molecule has 0 amide bonds. The highest BCUT2D eigenvalue weighted by Gasteiger charge is 2.24. The number of halogens is 1. The van der Waals surface area contributed by atoms with E-state index < -0.39 is 20.2 Å². The Kier molecular flexibility index (Phi) is 7.16. The van der Waals surface area contributed by atoms with E-state index >= 15 is 0 Å². The van der Waals surface area contributed by atoms with Crippen molar-refractivity contribution >= 4 is 31.8 Å². The molecule has 0 aliphatic heterocycles. The molecule has 1 aromatic heterocycles. The van der Waals surface area contributed by atoms with E-state index in [-0.39, 0.29) is 38.1 Å². The van der Waals surface area contributed by atoms with Crippen LogP contribution in [0.2, 0.25) is 5.15 Å². The van der Waals surface area contributed by atoms with Crippen LogP contribution in [0.1, 0.15) is 11.1 Å². The lowest BCUT2D eigenvalue weighted by molar-refractivity contribution is 0.398. The van der Waals surface area contributed by atoms with Crippen LogP contribution in [0, 0.1) is 13.8 Å². The average Bonchev–Trinajstić information content (AvgIpc) is 2.82. The monoisotopic (exact) mass is 546 g/mol. The summed E-state index contributed by atoms with van der Waals surface area (Å²) in [5, 5.41) is 7.29. The Morgan fingerprint density at radius 3 is 1.64 bits per heavy atom. The second kappa shape index (κ2) is 10.1. The molecule has 186 valence electrons. The predicted molar refractivity (Wildman–Crippen MR) is 132 cm³/mol. The molecule has 12 heteroatoms. The number of rotatable bonds is 8. The highest BCUT2D eigenvalue weighted by molar-refractivity contribution is 7.87. The molecule has 0 unspecified atom stereocenters. The van der Waals surface area contributed by atoms with Crippen LogP contribution in [0.4, 0.5) is 0 Å². The van der Waals surface area contributed by atoms with E-state index in [1.165, 1.54) is 36.4 Å². The first kappa shape index (κ1) is 25.4. The zero-order valence-electron chi connectivity index (χ0n) is 19.0. The summed E-state index contributed by atoms with van der Waals surface area (Å²) in [6.45, 7) is 3.64. The number of ether oxygens (including phenoxy) is 1. The Morgan fingerprint density at radius 1 is 0.639 bits per heavy atom. The SMILES string of the molecule is Cc1ccc(S(=O)(=O)Oc2ccccc2Oc2nnc(Cl)cc2OS(=O)(=O)c2ccc(C)cc2)cc1. The smallest absolute Gasteiger partial charge is 0.339 e. The van der Waals surface area contributed by atoms with Crippen LogP contribution in [-0.2, 0) is 20.2 Å². The van der Waals surface area contributed by atoms with Crippen molar-refractivity contribution in [2.45, 2.75) is 23.6 Å². The van der Waals surface area contributed by atoms with Crippen molar-refractivity contribution in [1.29, 1.82) is 0 Å². The largest absolute Gasteiger partial charge is 0.431 e. The molecule has 9 nitrogen and oxygen atoms in total. The predicted octanol–water partition coefficient (Wildman–Crippen LogP) is 5.07. The van der Waals surface area contributed by atoms with Gasteiger partial charge in [0, 0.05) is 6.07 Å². The topological polar surface area (TPSA) is 122 Å². The molecule has 0 N–H and O–H groups in total. The van der Waals surface area contributed by atoms with Crippen molar-refractivity contribution < 1.29 is 29.9 Å². The molecular weight excluding hydrogens is 528 g/mol. The summed E-state index contributed by atoms with van der Waals surface area (Å²) in [6, 6.07) is 19.1. The highest BCUT2D eigenvalue weighted by atomic mass is 35.5. The van der Waals surface area contributed by atoms with Crippen LogP contribution < -0.4 is 13.1 Å². The standard InChI is InChI=1S/C24H19ClN2O7S2/c1-16-7-11-18(12-8-16)35(28,29)33-21-6-4-3-5-20(21)32-24-22(15-23(25)26-27-24)34-36(30,31)19-13-9-17(2)10-14-19/h3-15H,1-2H3. The number of aryl methyl sites for hydroxylation is 2. The molecule has 0 bridgehead atoms. The van der Waals surface area contributed by atoms with E-state index in [1.807, 2.05) is 13.8 Å². The molecule has 0 aliphatic carbocycles. The molecule has 0 atom stereocenters. The van der Waals surface area contributed by atoms with Gasteiger partial charge in [0.25, 0.3) is 5.88 Å². The summed E-state index contributed by atoms with van der Waals surface area (Å²) >= 11 is 5.90. The average molecular weight is 547 g/mol. The molecule has 0 aliphatic rings. The molecule has 4 aromatic rings. The van der Waals surface area contributed by atoms with Gasteiger partial charge in [-0.1, -0.05) is 59.1 Å². The van der Waals surface area contributed by atoms with Gasteiger partial charge in [0.15, 0.2) is 16.7 Å². The summed E-state index contributed by atoms with van der Waals surface area (Å²) in [7, 11) is -8.47. The van der Waals surface area contributed by atoms with Crippen LogP contribution in [-0.4, -0.2) is 27.0 Å². The van der Waals surface area contributed by atoms with Crippen molar-refractivity contribution in [2.24, 2.45) is 0 Å². The molecule has 0 radical (unpaired) electrons. The molecular formula is C24H19ClN2O7S2. The van der Waals surface area contributed by atoms with Gasteiger partial charge in [0.1, 0.15) is 9.79 Å². The Balaban J connectivity index is 1.65. The van der Waals surface area contributed by atoms with Crippen molar-refractivity contribution in [3.05, 3.63) is 95.1 Å². The lowest BCUT2D eigenvalue weighted by Crippen LogP contribution is -2.12. The van der Waals surface area contributed by atoms with Gasteiger partial charge in [0.2, 0.25) is 5.75 Å². The molecule has 36 heavy (non-hydrogen) atoms. The number of nitrogens with zero attached hydrogens (tertiary/aromatic N) is 2. The molecule has 0 fully saturated rings. The maximum absolute atomic E-state index is 12.8. The number of hydrogen-bond acceptors (Lipinski definition) is 9. The molecule has 0 saturated carbocycles. The van der Waals surface area contributed by atoms with Gasteiger partial charge >= 0.3 is 20.2 Å². The Hall–Kier alpha value is -3.67. The van der Waals surface area contributed by atoms with Gasteiger partial charge in [0.05, 0.1) is 0 Å². The third kappa shape index (κ3) is 5.93. The number of hydrogen-bond donors (Lipinski definition) is 0. The van der Waals surface area contributed by atoms with Crippen molar-refractivity contribution in [1.82, 2.24) is 10.2 Å². The van der Waals surface area contributed by atoms with Gasteiger partial charge in [-0.05, 0) is 50.2 Å². The first-order valence-electron chi connectivity index (χ1n) is 10.4. The van der Waals surface area contributed by atoms with Gasteiger partial charge < -0.3 is 13.1 Å². The van der Waals surface area contributed by atoms with Crippen LogP contribution in [0.3, 0.4) is 0 Å². The fourth-order valence-corrected chi connectivity index (χ4v) is 4.92. The molecule has 3 aromatic carbocycles. The maximum Gasteiger partial charge on any atom is 0.339 e. The lowest BCUT2D eigenvalue weighted by atomic mass is 10.2.